The molecule has 0 radical (unpaired) electrons. The van der Waals surface area contributed by atoms with Gasteiger partial charge in [0.15, 0.2) is 0 Å². The summed E-state index contributed by atoms with van der Waals surface area (Å²) >= 11 is 1.40. The van der Waals surface area contributed by atoms with E-state index in [0.29, 0.717) is 28.7 Å². The van der Waals surface area contributed by atoms with E-state index in [9.17, 15) is 4.79 Å². The molecule has 0 aliphatic carbocycles. The summed E-state index contributed by atoms with van der Waals surface area (Å²) in [7, 11) is 4.00. The summed E-state index contributed by atoms with van der Waals surface area (Å²) in [4.78, 5) is 19.6. The van der Waals surface area contributed by atoms with Gasteiger partial charge in [0, 0.05) is 12.7 Å². The van der Waals surface area contributed by atoms with Crippen LogP contribution in [0.3, 0.4) is 0 Å². The second-order valence-corrected chi connectivity index (χ2v) is 6.84. The molecule has 6 heteroatoms. The molecule has 0 saturated heterocycles. The fourth-order valence-corrected chi connectivity index (χ4v) is 2.92. The third kappa shape index (κ3) is 4.68. The van der Waals surface area contributed by atoms with Crippen LogP contribution in [-0.4, -0.2) is 42.9 Å². The van der Waals surface area contributed by atoms with E-state index in [-0.39, 0.29) is 5.78 Å². The van der Waals surface area contributed by atoms with Gasteiger partial charge in [-0.05, 0) is 61.9 Å². The van der Waals surface area contributed by atoms with Crippen molar-refractivity contribution in [2.45, 2.75) is 0 Å². The Balaban J connectivity index is 1.70. The molecule has 134 valence electrons. The minimum absolute atomic E-state index is 0.0910. The van der Waals surface area contributed by atoms with Crippen LogP contribution >= 0.6 is 11.3 Å². The zero-order valence-electron chi connectivity index (χ0n) is 14.7. The molecule has 0 aliphatic heterocycles. The normalized spacial score (nSPS) is 10.7. The molecule has 0 unspecified atom stereocenters. The van der Waals surface area contributed by atoms with Crippen molar-refractivity contribution in [3.8, 4) is 17.4 Å². The van der Waals surface area contributed by atoms with Gasteiger partial charge >= 0.3 is 0 Å². The Morgan fingerprint density at radius 3 is 2.54 bits per heavy atom. The van der Waals surface area contributed by atoms with Crippen LogP contribution in [0.1, 0.15) is 15.2 Å². The van der Waals surface area contributed by atoms with Gasteiger partial charge in [0.1, 0.15) is 18.1 Å². The van der Waals surface area contributed by atoms with Gasteiger partial charge in [0.05, 0.1) is 10.4 Å². The molecule has 0 aliphatic rings. The Bertz CT molecular complexity index is 846. The molecule has 2 heterocycles. The quantitative estimate of drug-likeness (QED) is 0.560. The van der Waals surface area contributed by atoms with Crippen molar-refractivity contribution in [1.82, 2.24) is 9.88 Å². The van der Waals surface area contributed by atoms with Crippen molar-refractivity contribution >= 4 is 17.1 Å². The van der Waals surface area contributed by atoms with E-state index in [2.05, 4.69) is 9.88 Å². The van der Waals surface area contributed by atoms with E-state index in [0.717, 1.165) is 12.3 Å². The van der Waals surface area contributed by atoms with Crippen LogP contribution < -0.4 is 9.47 Å². The average molecular weight is 368 g/mol. The first-order valence-electron chi connectivity index (χ1n) is 8.22. The molecular formula is C20H20N2O3S. The van der Waals surface area contributed by atoms with Crippen molar-refractivity contribution in [3.05, 3.63) is 70.5 Å². The third-order valence-electron chi connectivity index (χ3n) is 3.61. The molecule has 26 heavy (non-hydrogen) atoms. The van der Waals surface area contributed by atoms with E-state index in [1.165, 1.54) is 11.3 Å². The average Bonchev–Trinajstić information content (AvgIpc) is 3.17. The highest BCUT2D eigenvalue weighted by Gasteiger charge is 2.17. The lowest BCUT2D eigenvalue weighted by Gasteiger charge is -2.12. The summed E-state index contributed by atoms with van der Waals surface area (Å²) in [5, 5.41) is 1.87. The number of rotatable bonds is 8. The van der Waals surface area contributed by atoms with Crippen LogP contribution in [-0.2, 0) is 0 Å². The Labute approximate surface area is 156 Å². The predicted octanol–water partition coefficient (Wildman–Crippen LogP) is 4.11. The number of nitrogens with zero attached hydrogens (tertiary/aromatic N) is 2. The number of thiophene rings is 1. The topological polar surface area (TPSA) is 51.7 Å². The molecule has 0 amide bonds. The van der Waals surface area contributed by atoms with E-state index in [1.54, 1.807) is 36.5 Å². The summed E-state index contributed by atoms with van der Waals surface area (Å²) in [6.45, 7) is 1.47. The van der Waals surface area contributed by atoms with Crippen LogP contribution in [0.5, 0.6) is 17.4 Å². The van der Waals surface area contributed by atoms with Crippen molar-refractivity contribution in [2.75, 3.05) is 27.2 Å². The number of pyridine rings is 1. The Morgan fingerprint density at radius 2 is 1.85 bits per heavy atom. The zero-order valence-corrected chi connectivity index (χ0v) is 15.5. The number of likely N-dealkylation sites (N-methyl/N-ethyl adjacent to an activating group) is 1. The number of ketones is 1. The van der Waals surface area contributed by atoms with E-state index in [4.69, 9.17) is 9.47 Å². The highest BCUT2D eigenvalue weighted by Crippen LogP contribution is 2.27. The lowest BCUT2D eigenvalue weighted by atomic mass is 10.1. The van der Waals surface area contributed by atoms with Crippen molar-refractivity contribution in [1.29, 1.82) is 0 Å². The molecule has 1 aromatic carbocycles. The SMILES string of the molecule is CN(C)CCOc1ccc(Oc2ncccc2C(=O)c2cccs2)cc1. The lowest BCUT2D eigenvalue weighted by molar-refractivity contribution is 0.103. The predicted molar refractivity (Wildman–Crippen MR) is 103 cm³/mol. The van der Waals surface area contributed by atoms with E-state index in [1.807, 2.05) is 37.7 Å². The van der Waals surface area contributed by atoms with Crippen LogP contribution in [0, 0.1) is 0 Å². The summed E-state index contributed by atoms with van der Waals surface area (Å²) in [6.07, 6.45) is 1.61. The van der Waals surface area contributed by atoms with Gasteiger partial charge in [0.2, 0.25) is 11.7 Å². The molecule has 0 atom stereocenters. The van der Waals surface area contributed by atoms with Gasteiger partial charge in [-0.15, -0.1) is 11.3 Å². The molecule has 0 bridgehead atoms. The zero-order chi connectivity index (χ0) is 18.4. The van der Waals surface area contributed by atoms with E-state index >= 15 is 0 Å². The minimum Gasteiger partial charge on any atom is -0.492 e. The smallest absolute Gasteiger partial charge is 0.230 e. The molecule has 5 nitrogen and oxygen atoms in total. The van der Waals surface area contributed by atoms with Crippen molar-refractivity contribution in [3.63, 3.8) is 0 Å². The molecule has 0 saturated carbocycles. The highest BCUT2D eigenvalue weighted by atomic mass is 32.1. The largest absolute Gasteiger partial charge is 0.492 e. The van der Waals surface area contributed by atoms with Crippen LogP contribution in [0.15, 0.2) is 60.1 Å². The van der Waals surface area contributed by atoms with Crippen molar-refractivity contribution < 1.29 is 14.3 Å². The van der Waals surface area contributed by atoms with E-state index < -0.39 is 0 Å². The molecule has 0 N–H and O–H groups in total. The van der Waals surface area contributed by atoms with Gasteiger partial charge < -0.3 is 14.4 Å². The maximum absolute atomic E-state index is 12.6. The first-order valence-corrected chi connectivity index (χ1v) is 9.10. The number of benzene rings is 1. The van der Waals surface area contributed by atoms with Crippen LogP contribution in [0.25, 0.3) is 0 Å². The minimum atomic E-state index is -0.0910. The van der Waals surface area contributed by atoms with Crippen LogP contribution in [0.2, 0.25) is 0 Å². The molecule has 3 rings (SSSR count). The Morgan fingerprint density at radius 1 is 1.08 bits per heavy atom. The van der Waals surface area contributed by atoms with Gasteiger partial charge in [-0.1, -0.05) is 6.07 Å². The van der Waals surface area contributed by atoms with Crippen LogP contribution in [0.4, 0.5) is 0 Å². The fourth-order valence-electron chi connectivity index (χ4n) is 2.25. The molecule has 3 aromatic rings. The molecular weight excluding hydrogens is 348 g/mol. The number of carbonyl (C=O) groups is 1. The maximum Gasteiger partial charge on any atom is 0.230 e. The molecule has 2 aromatic heterocycles. The first kappa shape index (κ1) is 18.1. The monoisotopic (exact) mass is 368 g/mol. The van der Waals surface area contributed by atoms with Crippen molar-refractivity contribution in [2.24, 2.45) is 0 Å². The second kappa shape index (κ2) is 8.60. The number of aromatic nitrogens is 1. The summed E-state index contributed by atoms with van der Waals surface area (Å²) in [5.74, 6) is 1.58. The number of hydrogen-bond donors (Lipinski definition) is 0. The van der Waals surface area contributed by atoms with Gasteiger partial charge in [0.25, 0.3) is 0 Å². The summed E-state index contributed by atoms with van der Waals surface area (Å²) in [6, 6.07) is 14.4. The Hall–Kier alpha value is -2.70. The number of hydrogen-bond acceptors (Lipinski definition) is 6. The Kier molecular flexibility index (Phi) is 5.99. The number of carbonyl (C=O) groups excluding carboxylic acids is 1. The van der Waals surface area contributed by atoms with Gasteiger partial charge in [-0.3, -0.25) is 4.79 Å². The highest BCUT2D eigenvalue weighted by molar-refractivity contribution is 7.12. The third-order valence-corrected chi connectivity index (χ3v) is 4.47. The second-order valence-electron chi connectivity index (χ2n) is 5.89. The number of ether oxygens (including phenoxy) is 2. The maximum atomic E-state index is 12.6. The first-order chi connectivity index (χ1) is 12.6. The fraction of sp³-hybridized carbons (Fsp3) is 0.200. The molecule has 0 spiro atoms. The lowest BCUT2D eigenvalue weighted by Crippen LogP contribution is -2.19. The molecule has 0 fully saturated rings. The van der Waals surface area contributed by atoms with Gasteiger partial charge in [-0.25, -0.2) is 4.98 Å². The standard InChI is InChI=1S/C20H20N2O3S/c1-22(2)12-13-24-15-7-9-16(10-8-15)25-20-17(5-3-11-21-20)19(23)18-6-4-14-26-18/h3-11,14H,12-13H2,1-2H3. The van der Waals surface area contributed by atoms with Gasteiger partial charge in [-0.2, -0.15) is 0 Å². The summed E-state index contributed by atoms with van der Waals surface area (Å²) in [5.41, 5.74) is 0.446. The summed E-state index contributed by atoms with van der Waals surface area (Å²) < 4.78 is 11.5.